The summed E-state index contributed by atoms with van der Waals surface area (Å²) in [5.74, 6) is -1.86. The zero-order valence-corrected chi connectivity index (χ0v) is 8.39. The minimum Gasteiger partial charge on any atom is -0.469 e. The van der Waals surface area contributed by atoms with Gasteiger partial charge in [0, 0.05) is 0 Å². The van der Waals surface area contributed by atoms with Crippen LogP contribution in [0.1, 0.15) is 13.3 Å². The lowest BCUT2D eigenvalue weighted by atomic mass is 10.5. The second-order valence-corrected chi connectivity index (χ2v) is 4.80. The van der Waals surface area contributed by atoms with Crippen molar-refractivity contribution in [1.82, 2.24) is 0 Å². The number of ether oxygens (including phenoxy) is 1. The Balaban J connectivity index is 4.05. The number of carbonyl (C=O) groups is 2. The van der Waals surface area contributed by atoms with Crippen molar-refractivity contribution in [2.45, 2.75) is 13.3 Å². The average molecular weight is 208 g/mol. The summed E-state index contributed by atoms with van der Waals surface area (Å²) in [5.41, 5.74) is 0. The lowest BCUT2D eigenvalue weighted by molar-refractivity contribution is -0.140. The van der Waals surface area contributed by atoms with Gasteiger partial charge in [-0.2, -0.15) is 0 Å². The Kier molecular flexibility index (Phi) is 4.61. The minimum atomic E-state index is -3.44. The molecule has 0 bridgehead atoms. The molecule has 0 aliphatic carbocycles. The van der Waals surface area contributed by atoms with Gasteiger partial charge in [-0.3, -0.25) is 9.59 Å². The molecule has 0 amide bonds. The molecule has 0 N–H and O–H groups in total. The monoisotopic (exact) mass is 208 g/mol. The molecular formula is C7H12O5S. The van der Waals surface area contributed by atoms with E-state index in [1.807, 2.05) is 0 Å². The van der Waals surface area contributed by atoms with Crippen LogP contribution in [0.4, 0.5) is 0 Å². The number of sulfone groups is 1. The van der Waals surface area contributed by atoms with Crippen LogP contribution in [0.3, 0.4) is 0 Å². The lowest BCUT2D eigenvalue weighted by Crippen LogP contribution is -2.19. The Bertz CT molecular complexity index is 290. The van der Waals surface area contributed by atoms with E-state index in [4.69, 9.17) is 0 Å². The van der Waals surface area contributed by atoms with Gasteiger partial charge in [0.2, 0.25) is 0 Å². The molecule has 0 atom stereocenters. The highest BCUT2D eigenvalue weighted by atomic mass is 32.2. The molecule has 0 spiro atoms. The van der Waals surface area contributed by atoms with Crippen molar-refractivity contribution >= 4 is 21.6 Å². The minimum absolute atomic E-state index is 0.202. The van der Waals surface area contributed by atoms with E-state index in [1.54, 1.807) is 0 Å². The van der Waals surface area contributed by atoms with Crippen molar-refractivity contribution in [2.24, 2.45) is 0 Å². The van der Waals surface area contributed by atoms with Crippen LogP contribution in [0.5, 0.6) is 0 Å². The SMILES string of the molecule is COC(=O)CCS(=O)(=O)CC(C)=O. The fraction of sp³-hybridized carbons (Fsp3) is 0.714. The van der Waals surface area contributed by atoms with E-state index in [0.29, 0.717) is 0 Å². The third-order valence-corrected chi connectivity index (χ3v) is 2.94. The zero-order valence-electron chi connectivity index (χ0n) is 7.57. The van der Waals surface area contributed by atoms with Crippen LogP contribution in [-0.2, 0) is 24.2 Å². The predicted octanol–water partition coefficient (Wildman–Crippen LogP) is -0.447. The highest BCUT2D eigenvalue weighted by molar-refractivity contribution is 7.92. The van der Waals surface area contributed by atoms with Gasteiger partial charge < -0.3 is 4.74 Å². The quantitative estimate of drug-likeness (QED) is 0.572. The lowest BCUT2D eigenvalue weighted by Gasteiger charge is -2.00. The molecule has 0 saturated carbocycles. The average Bonchev–Trinajstić information content (AvgIpc) is 1.98. The maximum absolute atomic E-state index is 11.0. The van der Waals surface area contributed by atoms with Crippen molar-refractivity contribution in [3.63, 3.8) is 0 Å². The highest BCUT2D eigenvalue weighted by Crippen LogP contribution is 1.96. The molecule has 5 nitrogen and oxygen atoms in total. The first kappa shape index (κ1) is 12.1. The summed E-state index contributed by atoms with van der Waals surface area (Å²) in [6, 6.07) is 0. The molecule has 0 radical (unpaired) electrons. The molecule has 0 unspecified atom stereocenters. The van der Waals surface area contributed by atoms with Crippen molar-refractivity contribution < 1.29 is 22.7 Å². The van der Waals surface area contributed by atoms with Crippen LogP contribution >= 0.6 is 0 Å². The van der Waals surface area contributed by atoms with Gasteiger partial charge >= 0.3 is 5.97 Å². The molecule has 0 aromatic heterocycles. The molecule has 0 aromatic rings. The summed E-state index contributed by atoms with van der Waals surface area (Å²) >= 11 is 0. The Morgan fingerprint density at radius 2 is 1.85 bits per heavy atom. The van der Waals surface area contributed by atoms with Gasteiger partial charge in [-0.25, -0.2) is 8.42 Å². The van der Waals surface area contributed by atoms with Crippen molar-refractivity contribution in [3.05, 3.63) is 0 Å². The highest BCUT2D eigenvalue weighted by Gasteiger charge is 2.15. The molecule has 13 heavy (non-hydrogen) atoms. The van der Waals surface area contributed by atoms with Gasteiger partial charge in [0.1, 0.15) is 11.5 Å². The molecule has 0 heterocycles. The van der Waals surface area contributed by atoms with Crippen molar-refractivity contribution in [3.8, 4) is 0 Å². The normalized spacial score (nSPS) is 10.9. The van der Waals surface area contributed by atoms with Crippen LogP contribution in [0.2, 0.25) is 0 Å². The molecule has 76 valence electrons. The summed E-state index contributed by atoms with van der Waals surface area (Å²) in [6.45, 7) is 1.19. The topological polar surface area (TPSA) is 77.5 Å². The van der Waals surface area contributed by atoms with Gasteiger partial charge in [0.15, 0.2) is 9.84 Å². The first-order valence-electron chi connectivity index (χ1n) is 3.64. The number of ketones is 1. The molecular weight excluding hydrogens is 196 g/mol. The zero-order chi connectivity index (χ0) is 10.5. The maximum atomic E-state index is 11.0. The number of Topliss-reactive ketones (excluding diaryl/α,β-unsaturated/α-hetero) is 1. The first-order valence-corrected chi connectivity index (χ1v) is 5.46. The van der Waals surface area contributed by atoms with Gasteiger partial charge in [-0.1, -0.05) is 0 Å². The molecule has 0 aliphatic heterocycles. The van der Waals surface area contributed by atoms with E-state index in [0.717, 1.165) is 0 Å². The Labute approximate surface area is 77.0 Å². The fourth-order valence-electron chi connectivity index (χ4n) is 0.723. The number of esters is 1. The maximum Gasteiger partial charge on any atom is 0.306 e. The summed E-state index contributed by atoms with van der Waals surface area (Å²) in [5, 5.41) is 0. The number of hydrogen-bond acceptors (Lipinski definition) is 5. The summed E-state index contributed by atoms with van der Waals surface area (Å²) in [6.07, 6.45) is -0.202. The molecule has 0 fully saturated rings. The van der Waals surface area contributed by atoms with Crippen molar-refractivity contribution in [2.75, 3.05) is 18.6 Å². The third kappa shape index (κ3) is 6.27. The Morgan fingerprint density at radius 1 is 1.31 bits per heavy atom. The van der Waals surface area contributed by atoms with E-state index in [2.05, 4.69) is 4.74 Å². The van der Waals surface area contributed by atoms with Crippen LogP contribution in [0.25, 0.3) is 0 Å². The van der Waals surface area contributed by atoms with Gasteiger partial charge in [0.05, 0.1) is 19.3 Å². The first-order chi connectivity index (χ1) is 5.87. The van der Waals surface area contributed by atoms with E-state index in [1.165, 1.54) is 14.0 Å². The number of rotatable bonds is 5. The molecule has 0 saturated heterocycles. The second kappa shape index (κ2) is 4.96. The van der Waals surface area contributed by atoms with Crippen LogP contribution in [0.15, 0.2) is 0 Å². The largest absolute Gasteiger partial charge is 0.469 e. The smallest absolute Gasteiger partial charge is 0.306 e. The molecule has 0 aliphatic rings. The van der Waals surface area contributed by atoms with E-state index in [-0.39, 0.29) is 12.2 Å². The molecule has 0 aromatic carbocycles. The third-order valence-electron chi connectivity index (χ3n) is 1.27. The van der Waals surface area contributed by atoms with Gasteiger partial charge in [-0.05, 0) is 6.92 Å². The van der Waals surface area contributed by atoms with Crippen LogP contribution < -0.4 is 0 Å². The van der Waals surface area contributed by atoms with E-state index < -0.39 is 27.3 Å². The van der Waals surface area contributed by atoms with Crippen molar-refractivity contribution in [1.29, 1.82) is 0 Å². The summed E-state index contributed by atoms with van der Waals surface area (Å²) in [7, 11) is -2.26. The van der Waals surface area contributed by atoms with Gasteiger partial charge in [0.25, 0.3) is 0 Å². The van der Waals surface area contributed by atoms with E-state index >= 15 is 0 Å². The number of methoxy groups -OCH3 is 1. The Hall–Kier alpha value is -0.910. The van der Waals surface area contributed by atoms with Gasteiger partial charge in [-0.15, -0.1) is 0 Å². The standard InChI is InChI=1S/C7H12O5S/c1-6(8)5-13(10,11)4-3-7(9)12-2/h3-5H2,1-2H3. The Morgan fingerprint density at radius 3 is 2.23 bits per heavy atom. The molecule has 0 rings (SSSR count). The summed E-state index contributed by atoms with van der Waals surface area (Å²) in [4.78, 5) is 21.1. The second-order valence-electron chi connectivity index (χ2n) is 2.62. The van der Waals surface area contributed by atoms with Crippen LogP contribution in [0, 0.1) is 0 Å². The molecule has 6 heteroatoms. The summed E-state index contributed by atoms with van der Waals surface area (Å²) < 4.78 is 26.3. The number of carbonyl (C=O) groups excluding carboxylic acids is 2. The van der Waals surface area contributed by atoms with E-state index in [9.17, 15) is 18.0 Å². The predicted molar refractivity (Wildman–Crippen MR) is 46.0 cm³/mol. The number of hydrogen-bond donors (Lipinski definition) is 0. The van der Waals surface area contributed by atoms with Crippen LogP contribution in [-0.4, -0.2) is 38.8 Å². The fourth-order valence-corrected chi connectivity index (χ4v) is 1.96.